The maximum atomic E-state index is 12.5. The molecule has 3 rings (SSSR count). The van der Waals surface area contributed by atoms with Crippen molar-refractivity contribution in [1.82, 2.24) is 5.32 Å². The summed E-state index contributed by atoms with van der Waals surface area (Å²) in [6.07, 6.45) is 4.95. The summed E-state index contributed by atoms with van der Waals surface area (Å²) >= 11 is 1.27. The minimum Gasteiger partial charge on any atom is -0.493 e. The number of nitrogens with one attached hydrogen (secondary N) is 1. The van der Waals surface area contributed by atoms with E-state index in [-0.39, 0.29) is 19.1 Å². The number of carbonyl (C=O) groups is 2. The molecule has 0 unspecified atom stereocenters. The van der Waals surface area contributed by atoms with Crippen LogP contribution in [-0.2, 0) is 27.2 Å². The lowest BCUT2D eigenvalue weighted by atomic mass is 10.0. The molecule has 1 aliphatic heterocycles. The van der Waals surface area contributed by atoms with Crippen molar-refractivity contribution in [3.8, 4) is 11.5 Å². The third kappa shape index (κ3) is 6.51. The second-order valence-electron chi connectivity index (χ2n) is 7.30. The van der Waals surface area contributed by atoms with E-state index in [4.69, 9.17) is 14.2 Å². The zero-order valence-corrected chi connectivity index (χ0v) is 20.4. The van der Waals surface area contributed by atoms with Gasteiger partial charge in [0.2, 0.25) is 0 Å². The van der Waals surface area contributed by atoms with Crippen LogP contribution in [-0.4, -0.2) is 37.4 Å². The predicted molar refractivity (Wildman–Crippen MR) is 136 cm³/mol. The number of hydrogen-bond donors (Lipinski definition) is 1. The molecule has 34 heavy (non-hydrogen) atoms. The van der Waals surface area contributed by atoms with Crippen molar-refractivity contribution in [2.75, 3.05) is 20.3 Å². The van der Waals surface area contributed by atoms with Gasteiger partial charge in [0.05, 0.1) is 24.3 Å². The molecule has 0 radical (unpaired) electrons. The number of nitrogens with zero attached hydrogens (tertiary/aromatic N) is 1. The summed E-state index contributed by atoms with van der Waals surface area (Å²) in [5.74, 6) is 0.207. The van der Waals surface area contributed by atoms with Crippen LogP contribution >= 0.6 is 11.8 Å². The van der Waals surface area contributed by atoms with Crippen molar-refractivity contribution < 1.29 is 23.8 Å². The zero-order valence-electron chi connectivity index (χ0n) is 19.6. The summed E-state index contributed by atoms with van der Waals surface area (Å²) in [5, 5.41) is 3.33. The van der Waals surface area contributed by atoms with E-state index in [9.17, 15) is 9.59 Å². The van der Waals surface area contributed by atoms with E-state index < -0.39 is 5.97 Å². The van der Waals surface area contributed by atoms with Gasteiger partial charge in [-0.2, -0.15) is 0 Å². The van der Waals surface area contributed by atoms with Gasteiger partial charge in [-0.05, 0) is 73.0 Å². The number of carbonyl (C=O) groups excluding carboxylic acids is 2. The number of esters is 1. The highest BCUT2D eigenvalue weighted by atomic mass is 32.2. The summed E-state index contributed by atoms with van der Waals surface area (Å²) in [7, 11) is 1.52. The molecule has 1 amide bonds. The first-order valence-corrected chi connectivity index (χ1v) is 11.8. The van der Waals surface area contributed by atoms with Gasteiger partial charge in [0, 0.05) is 5.56 Å². The van der Waals surface area contributed by atoms with Gasteiger partial charge in [0.15, 0.2) is 23.3 Å². The van der Waals surface area contributed by atoms with Gasteiger partial charge in [0.25, 0.3) is 5.91 Å². The molecule has 8 heteroatoms. The van der Waals surface area contributed by atoms with E-state index >= 15 is 0 Å². The van der Waals surface area contributed by atoms with E-state index in [0.29, 0.717) is 28.0 Å². The molecule has 0 aliphatic carbocycles. The summed E-state index contributed by atoms with van der Waals surface area (Å²) in [5.41, 5.74) is 3.54. The van der Waals surface area contributed by atoms with Crippen LogP contribution < -0.4 is 14.8 Å². The Kier molecular flexibility index (Phi) is 8.93. The lowest BCUT2D eigenvalue weighted by Gasteiger charge is -2.15. The molecule has 1 aliphatic rings. The number of amides is 1. The first kappa shape index (κ1) is 25.1. The largest absolute Gasteiger partial charge is 0.493 e. The maximum Gasteiger partial charge on any atom is 0.344 e. The molecule has 0 saturated carbocycles. The average Bonchev–Trinajstić information content (AvgIpc) is 3.17. The van der Waals surface area contributed by atoms with E-state index in [2.05, 4.69) is 23.8 Å². The second-order valence-corrected chi connectivity index (χ2v) is 8.33. The average molecular weight is 481 g/mol. The van der Waals surface area contributed by atoms with Gasteiger partial charge in [-0.25, -0.2) is 9.79 Å². The Hall–Kier alpha value is -3.52. The molecule has 1 fully saturated rings. The van der Waals surface area contributed by atoms with Gasteiger partial charge in [0.1, 0.15) is 0 Å². The summed E-state index contributed by atoms with van der Waals surface area (Å²) in [4.78, 5) is 29.3. The van der Waals surface area contributed by atoms with Crippen molar-refractivity contribution in [3.05, 3.63) is 70.6 Å². The number of ether oxygens (including phenoxy) is 3. The van der Waals surface area contributed by atoms with E-state index in [1.165, 1.54) is 24.4 Å². The highest BCUT2D eigenvalue weighted by Gasteiger charge is 2.24. The monoisotopic (exact) mass is 480 g/mol. The smallest absolute Gasteiger partial charge is 0.344 e. The SMILES string of the molecule is C=CCc1cc(/C=C2\SC(=Nc3ccc(CC)cc3)NC2=O)cc(OC)c1OCC(=O)OCC. The Morgan fingerprint density at radius 3 is 2.62 bits per heavy atom. The Labute approximate surface area is 203 Å². The van der Waals surface area contributed by atoms with Crippen molar-refractivity contribution in [2.24, 2.45) is 4.99 Å². The van der Waals surface area contributed by atoms with Crippen molar-refractivity contribution in [1.29, 1.82) is 0 Å². The normalized spacial score (nSPS) is 15.3. The summed E-state index contributed by atoms with van der Waals surface area (Å²) < 4.78 is 16.1. The Balaban J connectivity index is 1.85. The minimum absolute atomic E-state index is 0.221. The van der Waals surface area contributed by atoms with Gasteiger partial charge < -0.3 is 19.5 Å². The first-order chi connectivity index (χ1) is 16.5. The zero-order chi connectivity index (χ0) is 24.5. The number of benzene rings is 2. The highest BCUT2D eigenvalue weighted by Crippen LogP contribution is 2.36. The molecule has 0 bridgehead atoms. The molecule has 1 saturated heterocycles. The fraction of sp³-hybridized carbons (Fsp3) is 0.269. The number of aliphatic imine (C=N–C) groups is 1. The molecule has 178 valence electrons. The van der Waals surface area contributed by atoms with Gasteiger partial charge in [-0.15, -0.1) is 6.58 Å². The molecule has 7 nitrogen and oxygen atoms in total. The molecule has 0 atom stereocenters. The molecular weight excluding hydrogens is 452 g/mol. The van der Waals surface area contributed by atoms with Crippen molar-refractivity contribution >= 4 is 40.6 Å². The minimum atomic E-state index is -0.463. The van der Waals surface area contributed by atoms with Crippen LogP contribution in [0.15, 0.2) is 59.0 Å². The van der Waals surface area contributed by atoms with Crippen LogP contribution in [0.25, 0.3) is 6.08 Å². The Morgan fingerprint density at radius 2 is 1.97 bits per heavy atom. The molecule has 0 aromatic heterocycles. The number of thioether (sulfide) groups is 1. The number of allylic oxidation sites excluding steroid dienone is 1. The number of amidine groups is 1. The van der Waals surface area contributed by atoms with Gasteiger partial charge >= 0.3 is 5.97 Å². The van der Waals surface area contributed by atoms with Gasteiger partial charge in [-0.3, -0.25) is 4.79 Å². The van der Waals surface area contributed by atoms with E-state index in [1.807, 2.05) is 30.3 Å². The summed E-state index contributed by atoms with van der Waals surface area (Å²) in [6, 6.07) is 11.5. The first-order valence-electron chi connectivity index (χ1n) is 11.0. The van der Waals surface area contributed by atoms with Crippen LogP contribution in [0.4, 0.5) is 5.69 Å². The topological polar surface area (TPSA) is 86.2 Å². The molecule has 1 N–H and O–H groups in total. The Morgan fingerprint density at radius 1 is 1.21 bits per heavy atom. The second kappa shape index (κ2) is 12.1. The van der Waals surface area contributed by atoms with E-state index in [0.717, 1.165) is 23.2 Å². The quantitative estimate of drug-likeness (QED) is 0.298. The number of rotatable bonds is 10. The van der Waals surface area contributed by atoms with Crippen LogP contribution in [0.1, 0.15) is 30.5 Å². The lowest BCUT2D eigenvalue weighted by molar-refractivity contribution is -0.145. The van der Waals surface area contributed by atoms with Crippen molar-refractivity contribution in [2.45, 2.75) is 26.7 Å². The lowest BCUT2D eigenvalue weighted by Crippen LogP contribution is -2.19. The van der Waals surface area contributed by atoms with Crippen LogP contribution in [0, 0.1) is 0 Å². The number of hydrogen-bond acceptors (Lipinski definition) is 7. The van der Waals surface area contributed by atoms with Crippen LogP contribution in [0.2, 0.25) is 0 Å². The predicted octanol–water partition coefficient (Wildman–Crippen LogP) is 4.82. The van der Waals surface area contributed by atoms with Crippen molar-refractivity contribution in [3.63, 3.8) is 0 Å². The summed E-state index contributed by atoms with van der Waals surface area (Å²) in [6.45, 7) is 7.68. The fourth-order valence-electron chi connectivity index (χ4n) is 3.28. The number of aryl methyl sites for hydroxylation is 1. The molecular formula is C26H28N2O5S. The van der Waals surface area contributed by atoms with Crippen LogP contribution in [0.3, 0.4) is 0 Å². The van der Waals surface area contributed by atoms with Gasteiger partial charge in [-0.1, -0.05) is 25.1 Å². The molecule has 0 spiro atoms. The highest BCUT2D eigenvalue weighted by molar-refractivity contribution is 8.18. The maximum absolute atomic E-state index is 12.5. The van der Waals surface area contributed by atoms with E-state index in [1.54, 1.807) is 25.1 Å². The molecule has 2 aromatic rings. The molecule has 2 aromatic carbocycles. The fourth-order valence-corrected chi connectivity index (χ4v) is 4.12. The Bertz CT molecular complexity index is 1120. The third-order valence-corrected chi connectivity index (χ3v) is 5.81. The van der Waals surface area contributed by atoms with Crippen LogP contribution in [0.5, 0.6) is 11.5 Å². The standard InChI is InChI=1S/C26H28N2O5S/c1-5-8-19-13-18(14-21(31-4)24(19)33-16-23(29)32-7-3)15-22-25(30)28-26(34-22)27-20-11-9-17(6-2)10-12-20/h5,9-15H,1,6-8,16H2,2-4H3,(H,27,28,30)/b22-15-. The third-order valence-electron chi connectivity index (χ3n) is 4.90. The molecule has 1 heterocycles. The number of methoxy groups -OCH3 is 1.